The molecule has 0 saturated carbocycles. The molecule has 0 N–H and O–H groups in total. The average molecular weight is 222 g/mol. The van der Waals surface area contributed by atoms with Gasteiger partial charge in [0.25, 0.3) is 0 Å². The van der Waals surface area contributed by atoms with Crippen LogP contribution in [0.15, 0.2) is 34.9 Å². The first-order valence-electron chi connectivity index (χ1n) is 5.61. The molecular formula is C14H22O2. The van der Waals surface area contributed by atoms with Gasteiger partial charge in [-0.15, -0.1) is 6.58 Å². The zero-order chi connectivity index (χ0) is 12.3. The van der Waals surface area contributed by atoms with E-state index in [1.807, 2.05) is 6.08 Å². The first-order chi connectivity index (χ1) is 7.58. The number of ether oxygens (including phenoxy) is 2. The van der Waals surface area contributed by atoms with Crippen molar-refractivity contribution in [3.05, 3.63) is 34.9 Å². The summed E-state index contributed by atoms with van der Waals surface area (Å²) in [4.78, 5) is 0. The number of rotatable bonds is 4. The van der Waals surface area contributed by atoms with E-state index in [-0.39, 0.29) is 12.2 Å². The highest BCUT2D eigenvalue weighted by molar-refractivity contribution is 5.42. The highest BCUT2D eigenvalue weighted by Crippen LogP contribution is 2.34. The Labute approximate surface area is 98.6 Å². The largest absolute Gasteiger partial charge is 0.373 e. The van der Waals surface area contributed by atoms with Crippen LogP contribution in [-0.2, 0) is 9.47 Å². The van der Waals surface area contributed by atoms with Gasteiger partial charge in [-0.05, 0) is 49.5 Å². The van der Waals surface area contributed by atoms with Crippen LogP contribution in [0.3, 0.4) is 0 Å². The minimum absolute atomic E-state index is 0.0874. The van der Waals surface area contributed by atoms with Crippen molar-refractivity contribution in [2.75, 3.05) is 14.2 Å². The van der Waals surface area contributed by atoms with E-state index in [9.17, 15) is 0 Å². The van der Waals surface area contributed by atoms with Gasteiger partial charge in [0.15, 0.2) is 0 Å². The molecule has 2 heteroatoms. The molecule has 0 bridgehead atoms. The quantitative estimate of drug-likeness (QED) is 0.680. The molecule has 2 nitrogen and oxygen atoms in total. The van der Waals surface area contributed by atoms with Gasteiger partial charge >= 0.3 is 0 Å². The molecule has 0 heterocycles. The molecule has 90 valence electrons. The minimum atomic E-state index is 0.0874. The molecular weight excluding hydrogens is 200 g/mol. The first kappa shape index (κ1) is 13.2. The lowest BCUT2D eigenvalue weighted by Gasteiger charge is -2.33. The van der Waals surface area contributed by atoms with Crippen molar-refractivity contribution in [2.24, 2.45) is 0 Å². The molecule has 1 aliphatic carbocycles. The van der Waals surface area contributed by atoms with E-state index in [0.717, 1.165) is 6.42 Å². The summed E-state index contributed by atoms with van der Waals surface area (Å²) in [6, 6.07) is 0. The SMILES string of the molecule is C=CCC1=C(C)C(OC)C(C)=C(C)C1OC. The second kappa shape index (κ2) is 5.46. The van der Waals surface area contributed by atoms with Crippen molar-refractivity contribution in [3.8, 4) is 0 Å². The summed E-state index contributed by atoms with van der Waals surface area (Å²) in [6.45, 7) is 10.2. The predicted octanol–water partition coefficient (Wildman–Crippen LogP) is 3.26. The lowest BCUT2D eigenvalue weighted by Crippen LogP contribution is -2.30. The highest BCUT2D eigenvalue weighted by atomic mass is 16.5. The maximum atomic E-state index is 5.58. The molecule has 0 aliphatic heterocycles. The number of allylic oxidation sites excluding steroid dienone is 1. The van der Waals surface area contributed by atoms with E-state index in [1.54, 1.807) is 14.2 Å². The van der Waals surface area contributed by atoms with Gasteiger partial charge in [0.2, 0.25) is 0 Å². The third-order valence-electron chi connectivity index (χ3n) is 3.46. The summed E-state index contributed by atoms with van der Waals surface area (Å²) >= 11 is 0. The molecule has 2 atom stereocenters. The molecule has 0 aromatic heterocycles. The molecule has 1 rings (SSSR count). The van der Waals surface area contributed by atoms with Crippen LogP contribution in [0.5, 0.6) is 0 Å². The number of hydrogen-bond acceptors (Lipinski definition) is 2. The van der Waals surface area contributed by atoms with Gasteiger partial charge < -0.3 is 9.47 Å². The fourth-order valence-corrected chi connectivity index (χ4v) is 2.47. The fraction of sp³-hybridized carbons (Fsp3) is 0.571. The Morgan fingerprint density at radius 3 is 1.94 bits per heavy atom. The van der Waals surface area contributed by atoms with Gasteiger partial charge in [-0.1, -0.05) is 6.08 Å². The van der Waals surface area contributed by atoms with Crippen LogP contribution < -0.4 is 0 Å². The standard InChI is InChI=1S/C14H22O2/c1-7-8-12-11(4)13(15-5)9(2)10(3)14(12)16-6/h7,13-14H,1,8H2,2-6H3. The summed E-state index contributed by atoms with van der Waals surface area (Å²) in [5, 5.41) is 0. The van der Waals surface area contributed by atoms with Gasteiger partial charge in [-0.2, -0.15) is 0 Å². The average Bonchev–Trinajstić information content (AvgIpc) is 2.27. The van der Waals surface area contributed by atoms with Crippen molar-refractivity contribution in [1.82, 2.24) is 0 Å². The highest BCUT2D eigenvalue weighted by Gasteiger charge is 2.29. The Kier molecular flexibility index (Phi) is 4.51. The molecule has 0 saturated heterocycles. The third-order valence-corrected chi connectivity index (χ3v) is 3.46. The topological polar surface area (TPSA) is 18.5 Å². The molecule has 0 aromatic carbocycles. The van der Waals surface area contributed by atoms with E-state index in [2.05, 4.69) is 27.4 Å². The van der Waals surface area contributed by atoms with E-state index in [1.165, 1.54) is 22.3 Å². The summed E-state index contributed by atoms with van der Waals surface area (Å²) in [5.74, 6) is 0. The van der Waals surface area contributed by atoms with E-state index < -0.39 is 0 Å². The predicted molar refractivity (Wildman–Crippen MR) is 67.5 cm³/mol. The van der Waals surface area contributed by atoms with Crippen LogP contribution in [0.2, 0.25) is 0 Å². The van der Waals surface area contributed by atoms with Crippen molar-refractivity contribution in [2.45, 2.75) is 39.4 Å². The maximum absolute atomic E-state index is 5.58. The molecule has 16 heavy (non-hydrogen) atoms. The smallest absolute Gasteiger partial charge is 0.0999 e. The Morgan fingerprint density at radius 1 is 1.00 bits per heavy atom. The normalized spacial score (nSPS) is 26.3. The first-order valence-corrected chi connectivity index (χ1v) is 5.61. The van der Waals surface area contributed by atoms with Crippen LogP contribution in [0, 0.1) is 0 Å². The van der Waals surface area contributed by atoms with E-state index in [0.29, 0.717) is 0 Å². The van der Waals surface area contributed by atoms with Crippen molar-refractivity contribution < 1.29 is 9.47 Å². The van der Waals surface area contributed by atoms with Gasteiger partial charge in [0.05, 0.1) is 12.2 Å². The summed E-state index contributed by atoms with van der Waals surface area (Å²) in [5.41, 5.74) is 5.07. The fourth-order valence-electron chi connectivity index (χ4n) is 2.47. The van der Waals surface area contributed by atoms with E-state index >= 15 is 0 Å². The Bertz CT molecular complexity index is 337. The Hall–Kier alpha value is -0.860. The van der Waals surface area contributed by atoms with Gasteiger partial charge in [0.1, 0.15) is 0 Å². The molecule has 0 aromatic rings. The van der Waals surface area contributed by atoms with Gasteiger partial charge in [-0.25, -0.2) is 0 Å². The van der Waals surface area contributed by atoms with E-state index in [4.69, 9.17) is 9.47 Å². The maximum Gasteiger partial charge on any atom is 0.0999 e. The van der Waals surface area contributed by atoms with Crippen LogP contribution in [0.4, 0.5) is 0 Å². The molecule has 2 unspecified atom stereocenters. The zero-order valence-electron chi connectivity index (χ0n) is 11.0. The van der Waals surface area contributed by atoms with Crippen molar-refractivity contribution in [3.63, 3.8) is 0 Å². The Morgan fingerprint density at radius 2 is 1.50 bits per heavy atom. The molecule has 1 aliphatic rings. The van der Waals surface area contributed by atoms with Gasteiger partial charge in [0, 0.05) is 14.2 Å². The van der Waals surface area contributed by atoms with Crippen LogP contribution in [0.25, 0.3) is 0 Å². The molecule has 0 fully saturated rings. The third kappa shape index (κ3) is 2.13. The summed E-state index contributed by atoms with van der Waals surface area (Å²) in [7, 11) is 3.51. The van der Waals surface area contributed by atoms with Crippen molar-refractivity contribution >= 4 is 0 Å². The zero-order valence-corrected chi connectivity index (χ0v) is 11.0. The van der Waals surface area contributed by atoms with Gasteiger partial charge in [-0.3, -0.25) is 0 Å². The molecule has 0 radical (unpaired) electrons. The minimum Gasteiger partial charge on any atom is -0.373 e. The van der Waals surface area contributed by atoms with Crippen LogP contribution in [0.1, 0.15) is 27.2 Å². The monoisotopic (exact) mass is 222 g/mol. The van der Waals surface area contributed by atoms with Crippen molar-refractivity contribution in [1.29, 1.82) is 0 Å². The Balaban J connectivity index is 3.20. The number of methoxy groups -OCH3 is 2. The second-order valence-corrected chi connectivity index (χ2v) is 4.30. The summed E-state index contributed by atoms with van der Waals surface area (Å²) in [6.07, 6.45) is 2.96. The molecule has 0 amide bonds. The summed E-state index contributed by atoms with van der Waals surface area (Å²) < 4.78 is 11.1. The number of hydrogen-bond donors (Lipinski definition) is 0. The lowest BCUT2D eigenvalue weighted by molar-refractivity contribution is 0.123. The lowest BCUT2D eigenvalue weighted by atomic mass is 9.82. The molecule has 0 spiro atoms. The second-order valence-electron chi connectivity index (χ2n) is 4.30. The van der Waals surface area contributed by atoms with Crippen LogP contribution in [-0.4, -0.2) is 26.4 Å². The van der Waals surface area contributed by atoms with Crippen LogP contribution >= 0.6 is 0 Å².